The third-order valence-electron chi connectivity index (χ3n) is 7.48. The van der Waals surface area contributed by atoms with E-state index in [2.05, 4.69) is 9.80 Å². The van der Waals surface area contributed by atoms with Crippen molar-refractivity contribution in [1.29, 1.82) is 0 Å². The normalized spacial score (nSPS) is 19.5. The van der Waals surface area contributed by atoms with Gasteiger partial charge in [-0.15, -0.1) is 0 Å². The van der Waals surface area contributed by atoms with Crippen LogP contribution in [0.4, 0.5) is 13.2 Å². The molecule has 190 valence electrons. The fourth-order valence-corrected chi connectivity index (χ4v) is 5.57. The number of likely N-dealkylation sites (N-methyl/N-ethyl adjacent to an activating group) is 1. The van der Waals surface area contributed by atoms with Crippen LogP contribution in [0, 0.1) is 6.92 Å². The highest BCUT2D eigenvalue weighted by Gasteiger charge is 2.36. The Morgan fingerprint density at radius 2 is 1.66 bits per heavy atom. The molecule has 0 aromatic heterocycles. The molecule has 2 saturated heterocycles. The lowest BCUT2D eigenvalue weighted by Gasteiger charge is -2.43. The molecule has 2 aliphatic rings. The molecule has 0 saturated carbocycles. The molecule has 2 aromatic rings. The Kier molecular flexibility index (Phi) is 8.17. The molecular weight excluding hydrogens is 451 g/mol. The predicted molar refractivity (Wildman–Crippen MR) is 132 cm³/mol. The lowest BCUT2D eigenvalue weighted by atomic mass is 9.96. The van der Waals surface area contributed by atoms with Crippen molar-refractivity contribution in [2.75, 3.05) is 33.2 Å². The number of benzene rings is 2. The molecule has 2 fully saturated rings. The Morgan fingerprint density at radius 1 is 1.00 bits per heavy atom. The molecule has 7 heteroatoms. The quantitative estimate of drug-likeness (QED) is 0.526. The maximum absolute atomic E-state index is 13.8. The van der Waals surface area contributed by atoms with Crippen LogP contribution in [0.25, 0.3) is 0 Å². The number of nitrogens with zero attached hydrogens (tertiary/aromatic N) is 3. The summed E-state index contributed by atoms with van der Waals surface area (Å²) in [6.45, 7) is 5.49. The first-order valence-electron chi connectivity index (χ1n) is 12.7. The Bertz CT molecular complexity index is 981. The molecule has 35 heavy (non-hydrogen) atoms. The summed E-state index contributed by atoms with van der Waals surface area (Å²) >= 11 is 0. The minimum Gasteiger partial charge on any atom is -0.340 e. The molecule has 2 aliphatic heterocycles. The van der Waals surface area contributed by atoms with Crippen molar-refractivity contribution < 1.29 is 18.0 Å². The van der Waals surface area contributed by atoms with Gasteiger partial charge in [0.25, 0.3) is 0 Å². The van der Waals surface area contributed by atoms with Gasteiger partial charge in [0.05, 0.1) is 5.56 Å². The summed E-state index contributed by atoms with van der Waals surface area (Å²) in [6, 6.07) is 14.0. The molecule has 4 rings (SSSR count). The number of piperidine rings is 2. The molecule has 0 radical (unpaired) electrons. The zero-order valence-corrected chi connectivity index (χ0v) is 20.7. The zero-order valence-electron chi connectivity index (χ0n) is 20.7. The SMILES string of the molecule is Cc1ccc(CN(C)C(=O)C(c2ccccc2)N2CCC(N3CCCCC3)CC2)c(C(F)(F)F)c1. The zero-order chi connectivity index (χ0) is 25.0. The Morgan fingerprint density at radius 3 is 2.29 bits per heavy atom. The predicted octanol–water partition coefficient (Wildman–Crippen LogP) is 5.66. The van der Waals surface area contributed by atoms with Gasteiger partial charge in [0.2, 0.25) is 5.91 Å². The lowest BCUT2D eigenvalue weighted by molar-refractivity contribution is -0.141. The fourth-order valence-electron chi connectivity index (χ4n) is 5.57. The molecule has 1 unspecified atom stereocenters. The van der Waals surface area contributed by atoms with Crippen LogP contribution < -0.4 is 0 Å². The number of hydrogen-bond donors (Lipinski definition) is 0. The molecule has 0 bridgehead atoms. The van der Waals surface area contributed by atoms with E-state index < -0.39 is 17.8 Å². The second-order valence-electron chi connectivity index (χ2n) is 10.0. The Labute approximate surface area is 206 Å². The summed E-state index contributed by atoms with van der Waals surface area (Å²) in [7, 11) is 1.61. The number of carbonyl (C=O) groups excluding carboxylic acids is 1. The number of halogens is 3. The third-order valence-corrected chi connectivity index (χ3v) is 7.48. The van der Waals surface area contributed by atoms with E-state index in [1.54, 1.807) is 20.0 Å². The molecular formula is C28H36F3N3O. The van der Waals surface area contributed by atoms with Crippen molar-refractivity contribution in [3.63, 3.8) is 0 Å². The standard InChI is InChI=1S/C28H36F3N3O/c1-21-11-12-23(25(19-21)28(29,30)31)20-32(2)27(35)26(22-9-5-3-6-10-22)34-17-13-24(14-18-34)33-15-7-4-8-16-33/h3,5-6,9-12,19,24,26H,4,7-8,13-18,20H2,1-2H3. The lowest BCUT2D eigenvalue weighted by Crippen LogP contribution is -2.50. The average Bonchev–Trinajstić information content (AvgIpc) is 2.86. The molecule has 1 atom stereocenters. The minimum atomic E-state index is -4.46. The van der Waals surface area contributed by atoms with Crippen LogP contribution in [-0.4, -0.2) is 59.9 Å². The summed E-state index contributed by atoms with van der Waals surface area (Å²) in [5, 5.41) is 0. The first-order chi connectivity index (χ1) is 16.7. The van der Waals surface area contributed by atoms with Crippen LogP contribution in [0.2, 0.25) is 0 Å². The highest BCUT2D eigenvalue weighted by Crippen LogP contribution is 2.34. The van der Waals surface area contributed by atoms with E-state index in [1.165, 1.54) is 30.2 Å². The van der Waals surface area contributed by atoms with E-state index in [4.69, 9.17) is 0 Å². The summed E-state index contributed by atoms with van der Waals surface area (Å²) in [5.41, 5.74) is 0.889. The van der Waals surface area contributed by atoms with Gasteiger partial charge in [-0.1, -0.05) is 54.4 Å². The highest BCUT2D eigenvalue weighted by atomic mass is 19.4. The van der Waals surface area contributed by atoms with Gasteiger partial charge in [0, 0.05) is 32.7 Å². The van der Waals surface area contributed by atoms with Gasteiger partial charge in [-0.2, -0.15) is 13.2 Å². The van der Waals surface area contributed by atoms with Gasteiger partial charge in [-0.05, 0) is 62.9 Å². The van der Waals surface area contributed by atoms with Crippen molar-refractivity contribution in [2.24, 2.45) is 0 Å². The van der Waals surface area contributed by atoms with E-state index in [9.17, 15) is 18.0 Å². The van der Waals surface area contributed by atoms with Crippen molar-refractivity contribution in [3.05, 3.63) is 70.8 Å². The van der Waals surface area contributed by atoms with Crippen molar-refractivity contribution >= 4 is 5.91 Å². The second-order valence-corrected chi connectivity index (χ2v) is 10.0. The van der Waals surface area contributed by atoms with Gasteiger partial charge in [0.15, 0.2) is 0 Å². The van der Waals surface area contributed by atoms with Crippen molar-refractivity contribution in [2.45, 2.75) is 63.8 Å². The third kappa shape index (κ3) is 6.25. The molecule has 1 amide bonds. The number of aryl methyl sites for hydroxylation is 1. The minimum absolute atomic E-state index is 0.0818. The van der Waals surface area contributed by atoms with E-state index >= 15 is 0 Å². The number of carbonyl (C=O) groups is 1. The van der Waals surface area contributed by atoms with Crippen molar-refractivity contribution in [3.8, 4) is 0 Å². The topological polar surface area (TPSA) is 26.8 Å². The number of amides is 1. The van der Waals surface area contributed by atoms with Crippen LogP contribution in [0.5, 0.6) is 0 Å². The summed E-state index contributed by atoms with van der Waals surface area (Å²) in [4.78, 5) is 20.0. The average molecular weight is 488 g/mol. The van der Waals surface area contributed by atoms with Crippen LogP contribution in [0.15, 0.2) is 48.5 Å². The van der Waals surface area contributed by atoms with E-state index in [-0.39, 0.29) is 18.0 Å². The molecule has 4 nitrogen and oxygen atoms in total. The summed E-state index contributed by atoms with van der Waals surface area (Å²) in [6.07, 6.45) is 1.39. The fraction of sp³-hybridized carbons (Fsp3) is 0.536. The van der Waals surface area contributed by atoms with Gasteiger partial charge in [0.1, 0.15) is 6.04 Å². The molecule has 0 spiro atoms. The van der Waals surface area contributed by atoms with E-state index in [0.717, 1.165) is 50.7 Å². The first kappa shape index (κ1) is 25.7. The van der Waals surface area contributed by atoms with Crippen LogP contribution in [-0.2, 0) is 17.5 Å². The maximum atomic E-state index is 13.8. The van der Waals surface area contributed by atoms with Crippen LogP contribution in [0.3, 0.4) is 0 Å². The smallest absolute Gasteiger partial charge is 0.340 e. The molecule has 2 heterocycles. The maximum Gasteiger partial charge on any atom is 0.416 e. The molecule has 0 N–H and O–H groups in total. The number of alkyl halides is 3. The Balaban J connectivity index is 1.51. The summed E-state index contributed by atoms with van der Waals surface area (Å²) < 4.78 is 41.0. The van der Waals surface area contributed by atoms with E-state index in [0.29, 0.717) is 11.6 Å². The molecule has 0 aliphatic carbocycles. The summed E-state index contributed by atoms with van der Waals surface area (Å²) in [5.74, 6) is -0.165. The number of likely N-dealkylation sites (tertiary alicyclic amines) is 2. The first-order valence-corrected chi connectivity index (χ1v) is 12.7. The van der Waals surface area contributed by atoms with Crippen molar-refractivity contribution in [1.82, 2.24) is 14.7 Å². The van der Waals surface area contributed by atoms with Gasteiger partial charge >= 0.3 is 6.18 Å². The number of hydrogen-bond acceptors (Lipinski definition) is 3. The van der Waals surface area contributed by atoms with Crippen LogP contribution >= 0.6 is 0 Å². The number of rotatable bonds is 6. The monoisotopic (exact) mass is 487 g/mol. The largest absolute Gasteiger partial charge is 0.416 e. The highest BCUT2D eigenvalue weighted by molar-refractivity contribution is 5.83. The van der Waals surface area contributed by atoms with Gasteiger partial charge in [-0.3, -0.25) is 9.69 Å². The second kappa shape index (κ2) is 11.1. The Hall–Kier alpha value is -2.38. The van der Waals surface area contributed by atoms with Gasteiger partial charge in [-0.25, -0.2) is 0 Å². The van der Waals surface area contributed by atoms with Gasteiger partial charge < -0.3 is 9.80 Å². The van der Waals surface area contributed by atoms with E-state index in [1.807, 2.05) is 30.3 Å². The molecule has 2 aromatic carbocycles. The van der Waals surface area contributed by atoms with Crippen LogP contribution in [0.1, 0.15) is 60.4 Å².